The van der Waals surface area contributed by atoms with Gasteiger partial charge >= 0.3 is 0 Å². The first-order valence-corrected chi connectivity index (χ1v) is 7.98. The lowest BCUT2D eigenvalue weighted by Crippen LogP contribution is -2.45. The van der Waals surface area contributed by atoms with Crippen LogP contribution < -0.4 is 5.32 Å². The average molecular weight is 296 g/mol. The molecule has 0 radical (unpaired) electrons. The van der Waals surface area contributed by atoms with Gasteiger partial charge in [0.15, 0.2) is 0 Å². The molecule has 1 heterocycles. The van der Waals surface area contributed by atoms with E-state index in [1.165, 1.54) is 0 Å². The molecule has 2 unspecified atom stereocenters. The first-order valence-electron chi connectivity index (χ1n) is 7.00. The largest absolute Gasteiger partial charge is 0.388 e. The van der Waals surface area contributed by atoms with Gasteiger partial charge in [-0.3, -0.25) is 4.79 Å². The molecule has 1 aromatic heterocycles. The molecule has 4 nitrogen and oxygen atoms in total. The number of rotatable bonds is 7. The monoisotopic (exact) mass is 296 g/mol. The molecule has 0 fully saturated rings. The van der Waals surface area contributed by atoms with Crippen LogP contribution in [0.5, 0.6) is 0 Å². The molecule has 0 spiro atoms. The van der Waals surface area contributed by atoms with Crippen LogP contribution in [0.4, 0.5) is 0 Å². The first-order chi connectivity index (χ1) is 9.40. The van der Waals surface area contributed by atoms with Crippen LogP contribution in [-0.2, 0) is 0 Å². The van der Waals surface area contributed by atoms with Gasteiger partial charge in [-0.1, -0.05) is 27.2 Å². The lowest BCUT2D eigenvalue weighted by atomic mass is 9.88. The third-order valence-electron chi connectivity index (χ3n) is 3.57. The number of amides is 1. The number of nitrogens with zero attached hydrogens (tertiary/aromatic N) is 1. The van der Waals surface area contributed by atoms with Crippen LogP contribution in [0.1, 0.15) is 44.5 Å². The highest BCUT2D eigenvalue weighted by Gasteiger charge is 2.27. The molecular formula is C15H24N2O2S. The van der Waals surface area contributed by atoms with Gasteiger partial charge in [0, 0.05) is 18.3 Å². The third kappa shape index (κ3) is 4.80. The molecule has 2 atom stereocenters. The second kappa shape index (κ2) is 7.64. The highest BCUT2D eigenvalue weighted by Crippen LogP contribution is 2.19. The van der Waals surface area contributed by atoms with Crippen LogP contribution in [0.15, 0.2) is 23.4 Å². The summed E-state index contributed by atoms with van der Waals surface area (Å²) in [5.74, 6) is 0.876. The highest BCUT2D eigenvalue weighted by atomic mass is 32.2. The zero-order valence-electron chi connectivity index (χ0n) is 12.6. The van der Waals surface area contributed by atoms with E-state index in [0.717, 1.165) is 17.2 Å². The van der Waals surface area contributed by atoms with E-state index in [2.05, 4.69) is 10.3 Å². The maximum atomic E-state index is 12.1. The Balaban J connectivity index is 2.65. The van der Waals surface area contributed by atoms with Crippen molar-refractivity contribution in [3.05, 3.63) is 23.9 Å². The van der Waals surface area contributed by atoms with Crippen LogP contribution in [0.2, 0.25) is 0 Å². The number of nitrogens with one attached hydrogen (secondary N) is 1. The summed E-state index contributed by atoms with van der Waals surface area (Å²) < 4.78 is 0. The summed E-state index contributed by atoms with van der Waals surface area (Å²) in [7, 11) is 0. The van der Waals surface area contributed by atoms with Gasteiger partial charge in [-0.2, -0.15) is 0 Å². The fourth-order valence-electron chi connectivity index (χ4n) is 1.75. The number of hydrogen-bond acceptors (Lipinski definition) is 4. The summed E-state index contributed by atoms with van der Waals surface area (Å²) in [6, 6.07) is 3.47. The number of aliphatic hydroxyl groups is 1. The molecule has 2 N–H and O–H groups in total. The van der Waals surface area contributed by atoms with Crippen molar-refractivity contribution in [2.24, 2.45) is 5.92 Å². The number of pyridine rings is 1. The van der Waals surface area contributed by atoms with E-state index in [4.69, 9.17) is 0 Å². The molecule has 0 aromatic carbocycles. The minimum absolute atomic E-state index is 0.131. The van der Waals surface area contributed by atoms with Crippen LogP contribution in [0.3, 0.4) is 0 Å². The van der Waals surface area contributed by atoms with E-state index < -0.39 is 5.60 Å². The van der Waals surface area contributed by atoms with Gasteiger partial charge in [0.25, 0.3) is 5.91 Å². The SMILES string of the molecule is CCSc1cc(C(=O)NCC(C)(O)C(C)CC)ccn1. The van der Waals surface area contributed by atoms with Crippen LogP contribution in [0, 0.1) is 5.92 Å². The fourth-order valence-corrected chi connectivity index (χ4v) is 2.39. The lowest BCUT2D eigenvalue weighted by molar-refractivity contribution is 0.00592. The van der Waals surface area contributed by atoms with Crippen LogP contribution in [-0.4, -0.2) is 33.9 Å². The molecule has 0 aliphatic rings. The van der Waals surface area contributed by atoms with Crippen molar-refractivity contribution >= 4 is 17.7 Å². The van der Waals surface area contributed by atoms with Crippen LogP contribution in [0.25, 0.3) is 0 Å². The van der Waals surface area contributed by atoms with Crippen molar-refractivity contribution in [3.8, 4) is 0 Å². The molecule has 1 amide bonds. The molecule has 0 saturated heterocycles. The summed E-state index contributed by atoms with van der Waals surface area (Å²) >= 11 is 1.60. The van der Waals surface area contributed by atoms with Crippen LogP contribution >= 0.6 is 11.8 Å². The highest BCUT2D eigenvalue weighted by molar-refractivity contribution is 7.99. The van der Waals surface area contributed by atoms with Gasteiger partial charge in [0.05, 0.1) is 10.6 Å². The third-order valence-corrected chi connectivity index (χ3v) is 4.38. The Labute approximate surface area is 125 Å². The van der Waals surface area contributed by atoms with Gasteiger partial charge in [-0.15, -0.1) is 11.8 Å². The quantitative estimate of drug-likeness (QED) is 0.760. The topological polar surface area (TPSA) is 62.2 Å². The van der Waals surface area contributed by atoms with Gasteiger partial charge in [-0.25, -0.2) is 4.98 Å². The predicted octanol–water partition coefficient (Wildman–Crippen LogP) is 2.72. The minimum Gasteiger partial charge on any atom is -0.388 e. The maximum absolute atomic E-state index is 12.1. The van der Waals surface area contributed by atoms with E-state index >= 15 is 0 Å². The summed E-state index contributed by atoms with van der Waals surface area (Å²) in [5, 5.41) is 13.9. The molecule has 5 heteroatoms. The smallest absolute Gasteiger partial charge is 0.251 e. The van der Waals surface area contributed by atoms with Crippen molar-refractivity contribution in [2.45, 2.75) is 44.7 Å². The molecule has 0 aliphatic carbocycles. The Hall–Kier alpha value is -1.07. The molecule has 0 bridgehead atoms. The van der Waals surface area contributed by atoms with Crippen molar-refractivity contribution in [1.29, 1.82) is 0 Å². The van der Waals surface area contributed by atoms with E-state index in [9.17, 15) is 9.90 Å². The van der Waals surface area contributed by atoms with Crippen molar-refractivity contribution in [3.63, 3.8) is 0 Å². The van der Waals surface area contributed by atoms with E-state index in [1.807, 2.05) is 20.8 Å². The zero-order chi connectivity index (χ0) is 15.2. The number of hydrogen-bond donors (Lipinski definition) is 2. The number of carbonyl (C=O) groups excluding carboxylic acids is 1. The Kier molecular flexibility index (Phi) is 6.49. The van der Waals surface area contributed by atoms with Crippen molar-refractivity contribution in [2.75, 3.05) is 12.3 Å². The summed E-state index contributed by atoms with van der Waals surface area (Å²) in [6.07, 6.45) is 2.51. The van der Waals surface area contributed by atoms with Gasteiger partial charge in [0.1, 0.15) is 0 Å². The Bertz CT molecular complexity index is 449. The fraction of sp³-hybridized carbons (Fsp3) is 0.600. The molecule has 20 heavy (non-hydrogen) atoms. The van der Waals surface area contributed by atoms with E-state index in [0.29, 0.717) is 5.56 Å². The zero-order valence-corrected chi connectivity index (χ0v) is 13.5. The Morgan fingerprint density at radius 2 is 2.25 bits per heavy atom. The summed E-state index contributed by atoms with van der Waals surface area (Å²) in [4.78, 5) is 16.3. The Morgan fingerprint density at radius 1 is 1.55 bits per heavy atom. The lowest BCUT2D eigenvalue weighted by Gasteiger charge is -2.29. The second-order valence-corrected chi connectivity index (χ2v) is 6.45. The number of aromatic nitrogens is 1. The average Bonchev–Trinajstić information content (AvgIpc) is 2.44. The van der Waals surface area contributed by atoms with Gasteiger partial charge in [0.2, 0.25) is 0 Å². The number of thioether (sulfide) groups is 1. The summed E-state index contributed by atoms with van der Waals surface area (Å²) in [5.41, 5.74) is -0.311. The summed E-state index contributed by atoms with van der Waals surface area (Å²) in [6.45, 7) is 8.06. The maximum Gasteiger partial charge on any atom is 0.251 e. The molecule has 0 saturated carbocycles. The molecule has 1 aromatic rings. The minimum atomic E-state index is -0.890. The van der Waals surface area contributed by atoms with Gasteiger partial charge < -0.3 is 10.4 Å². The van der Waals surface area contributed by atoms with Gasteiger partial charge in [-0.05, 0) is 30.7 Å². The van der Waals surface area contributed by atoms with Crippen molar-refractivity contribution in [1.82, 2.24) is 10.3 Å². The first kappa shape index (κ1) is 17.0. The standard InChI is InChI=1S/C15H24N2O2S/c1-5-11(3)15(4,19)10-17-14(18)12-7-8-16-13(9-12)20-6-2/h7-9,11,19H,5-6,10H2,1-4H3,(H,17,18). The van der Waals surface area contributed by atoms with Crippen molar-refractivity contribution < 1.29 is 9.90 Å². The second-order valence-electron chi connectivity index (χ2n) is 5.16. The normalized spacial score (nSPS) is 15.4. The molecule has 0 aliphatic heterocycles. The van der Waals surface area contributed by atoms with E-state index in [-0.39, 0.29) is 18.4 Å². The van der Waals surface area contributed by atoms with E-state index in [1.54, 1.807) is 37.0 Å². The number of carbonyl (C=O) groups is 1. The predicted molar refractivity (Wildman–Crippen MR) is 83.0 cm³/mol. The Morgan fingerprint density at radius 3 is 2.85 bits per heavy atom. The molecule has 1 rings (SSSR count). The molecule has 112 valence electrons. The molecular weight excluding hydrogens is 272 g/mol.